The summed E-state index contributed by atoms with van der Waals surface area (Å²) >= 11 is 0. The maximum absolute atomic E-state index is 11.6. The molecule has 0 amide bonds. The van der Waals surface area contributed by atoms with Gasteiger partial charge in [0.05, 0.1) is 12.7 Å². The fourth-order valence-electron chi connectivity index (χ4n) is 2.94. The van der Waals surface area contributed by atoms with E-state index >= 15 is 0 Å². The Kier molecular flexibility index (Phi) is 4.93. The number of methoxy groups -OCH3 is 1. The molecule has 3 rings (SSSR count). The van der Waals surface area contributed by atoms with Crippen molar-refractivity contribution >= 4 is 23.4 Å². The van der Waals surface area contributed by atoms with Crippen LogP contribution in [0.4, 0.5) is 17.5 Å². The molecule has 126 valence electrons. The molecule has 1 fully saturated rings. The highest BCUT2D eigenvalue weighted by molar-refractivity contribution is 5.90. The summed E-state index contributed by atoms with van der Waals surface area (Å²) in [6, 6.07) is 9.49. The number of aryl methyl sites for hydroxylation is 1. The van der Waals surface area contributed by atoms with Gasteiger partial charge in [0.25, 0.3) is 0 Å². The second-order valence-corrected chi connectivity index (χ2v) is 6.04. The summed E-state index contributed by atoms with van der Waals surface area (Å²) in [5, 5.41) is 6.64. The van der Waals surface area contributed by atoms with Gasteiger partial charge in [-0.25, -0.2) is 9.78 Å². The zero-order chi connectivity index (χ0) is 16.9. The lowest BCUT2D eigenvalue weighted by Gasteiger charge is -2.14. The summed E-state index contributed by atoms with van der Waals surface area (Å²) in [5.74, 6) is 0.986. The van der Waals surface area contributed by atoms with Crippen LogP contribution in [0.1, 0.15) is 41.7 Å². The topological polar surface area (TPSA) is 76.1 Å². The predicted molar refractivity (Wildman–Crippen MR) is 93.7 cm³/mol. The van der Waals surface area contributed by atoms with Crippen LogP contribution in [0.5, 0.6) is 0 Å². The lowest BCUT2D eigenvalue weighted by atomic mass is 10.2. The largest absolute Gasteiger partial charge is 0.465 e. The number of rotatable bonds is 5. The van der Waals surface area contributed by atoms with Crippen molar-refractivity contribution in [2.45, 2.75) is 38.6 Å². The van der Waals surface area contributed by atoms with Crippen LogP contribution in [0.2, 0.25) is 0 Å². The van der Waals surface area contributed by atoms with Crippen LogP contribution in [0.15, 0.2) is 30.3 Å². The summed E-state index contributed by atoms with van der Waals surface area (Å²) in [6.45, 7) is 1.94. The molecule has 0 atom stereocenters. The van der Waals surface area contributed by atoms with Gasteiger partial charge in [-0.1, -0.05) is 18.9 Å². The molecule has 1 heterocycles. The molecule has 0 bridgehead atoms. The maximum Gasteiger partial charge on any atom is 0.337 e. The SMILES string of the molecule is COC(=O)c1cccc(Nc2cc(C)nc(NC3CCCC3)n2)c1. The minimum Gasteiger partial charge on any atom is -0.465 e. The number of benzene rings is 1. The number of nitrogens with zero attached hydrogens (tertiary/aromatic N) is 2. The van der Waals surface area contributed by atoms with Gasteiger partial charge in [0.15, 0.2) is 0 Å². The first kappa shape index (κ1) is 16.2. The van der Waals surface area contributed by atoms with Crippen molar-refractivity contribution in [1.82, 2.24) is 9.97 Å². The Bertz CT molecular complexity index is 727. The fourth-order valence-corrected chi connectivity index (χ4v) is 2.94. The van der Waals surface area contributed by atoms with Crippen molar-refractivity contribution in [3.05, 3.63) is 41.6 Å². The highest BCUT2D eigenvalue weighted by atomic mass is 16.5. The Hall–Kier alpha value is -2.63. The van der Waals surface area contributed by atoms with Gasteiger partial charge in [-0.3, -0.25) is 0 Å². The van der Waals surface area contributed by atoms with Crippen molar-refractivity contribution in [3.63, 3.8) is 0 Å². The van der Waals surface area contributed by atoms with Gasteiger partial charge in [0.2, 0.25) is 5.95 Å². The number of carbonyl (C=O) groups is 1. The van der Waals surface area contributed by atoms with Gasteiger partial charge in [-0.05, 0) is 38.0 Å². The molecule has 6 heteroatoms. The molecule has 24 heavy (non-hydrogen) atoms. The normalized spacial score (nSPS) is 14.4. The molecule has 1 aromatic heterocycles. The molecular weight excluding hydrogens is 304 g/mol. The van der Waals surface area contributed by atoms with E-state index in [4.69, 9.17) is 4.74 Å². The van der Waals surface area contributed by atoms with E-state index in [1.165, 1.54) is 32.8 Å². The average Bonchev–Trinajstić information content (AvgIpc) is 3.06. The molecule has 0 spiro atoms. The standard InChI is InChI=1S/C18H22N4O2/c1-12-10-16(22-18(19-12)21-14-7-3-4-8-14)20-15-9-5-6-13(11-15)17(23)24-2/h5-6,9-11,14H,3-4,7-8H2,1-2H3,(H2,19,20,21,22). The van der Waals surface area contributed by atoms with Crippen molar-refractivity contribution < 1.29 is 9.53 Å². The van der Waals surface area contributed by atoms with Gasteiger partial charge in [-0.15, -0.1) is 0 Å². The number of carbonyl (C=O) groups excluding carboxylic acids is 1. The molecule has 1 aliphatic carbocycles. The Morgan fingerprint density at radius 3 is 2.75 bits per heavy atom. The fraction of sp³-hybridized carbons (Fsp3) is 0.389. The lowest BCUT2D eigenvalue weighted by Crippen LogP contribution is -2.17. The van der Waals surface area contributed by atoms with Gasteiger partial charge in [0.1, 0.15) is 5.82 Å². The Balaban J connectivity index is 1.77. The second-order valence-electron chi connectivity index (χ2n) is 6.04. The second kappa shape index (κ2) is 7.29. The van der Waals surface area contributed by atoms with Crippen LogP contribution in [-0.4, -0.2) is 29.1 Å². The molecule has 2 aromatic rings. The van der Waals surface area contributed by atoms with Crippen LogP contribution >= 0.6 is 0 Å². The number of aromatic nitrogens is 2. The summed E-state index contributed by atoms with van der Waals surface area (Å²) in [5.41, 5.74) is 2.16. The predicted octanol–water partition coefficient (Wildman–Crippen LogP) is 3.67. The van der Waals surface area contributed by atoms with Crippen molar-refractivity contribution in [2.24, 2.45) is 0 Å². The quantitative estimate of drug-likeness (QED) is 0.817. The molecule has 1 saturated carbocycles. The first-order valence-electron chi connectivity index (χ1n) is 8.21. The third-order valence-electron chi connectivity index (χ3n) is 4.10. The van der Waals surface area contributed by atoms with Gasteiger partial charge in [0, 0.05) is 23.5 Å². The van der Waals surface area contributed by atoms with Gasteiger partial charge < -0.3 is 15.4 Å². The van der Waals surface area contributed by atoms with Crippen molar-refractivity contribution in [2.75, 3.05) is 17.7 Å². The van der Waals surface area contributed by atoms with Gasteiger partial charge >= 0.3 is 5.97 Å². The third-order valence-corrected chi connectivity index (χ3v) is 4.10. The molecule has 0 radical (unpaired) electrons. The van der Waals surface area contributed by atoms with Crippen LogP contribution in [-0.2, 0) is 4.74 Å². The molecule has 0 saturated heterocycles. The van der Waals surface area contributed by atoms with Crippen molar-refractivity contribution in [1.29, 1.82) is 0 Å². The number of anilines is 3. The summed E-state index contributed by atoms with van der Waals surface area (Å²) in [7, 11) is 1.37. The van der Waals surface area contributed by atoms with E-state index in [2.05, 4.69) is 20.6 Å². The zero-order valence-electron chi connectivity index (χ0n) is 14.0. The molecule has 1 aromatic carbocycles. The van der Waals surface area contributed by atoms with Crippen LogP contribution < -0.4 is 10.6 Å². The molecular formula is C18H22N4O2. The highest BCUT2D eigenvalue weighted by Crippen LogP contribution is 2.23. The average molecular weight is 326 g/mol. The first-order valence-corrected chi connectivity index (χ1v) is 8.21. The lowest BCUT2D eigenvalue weighted by molar-refractivity contribution is 0.0601. The van der Waals surface area contributed by atoms with Crippen LogP contribution in [0, 0.1) is 6.92 Å². The third kappa shape index (κ3) is 4.01. The summed E-state index contributed by atoms with van der Waals surface area (Å²) in [6.07, 6.45) is 4.85. The van der Waals surface area contributed by atoms with Gasteiger partial charge in [-0.2, -0.15) is 4.98 Å². The van der Waals surface area contributed by atoms with E-state index in [0.29, 0.717) is 23.4 Å². The summed E-state index contributed by atoms with van der Waals surface area (Å²) in [4.78, 5) is 20.6. The number of nitrogens with one attached hydrogen (secondary N) is 2. The Labute approximate surface area is 141 Å². The van der Waals surface area contributed by atoms with E-state index in [0.717, 1.165) is 11.4 Å². The number of hydrogen-bond donors (Lipinski definition) is 2. The molecule has 6 nitrogen and oxygen atoms in total. The van der Waals surface area contributed by atoms with E-state index in [1.807, 2.05) is 19.1 Å². The smallest absolute Gasteiger partial charge is 0.337 e. The number of esters is 1. The molecule has 1 aliphatic rings. The minimum absolute atomic E-state index is 0.360. The molecule has 2 N–H and O–H groups in total. The number of ether oxygens (including phenoxy) is 1. The highest BCUT2D eigenvalue weighted by Gasteiger charge is 2.16. The van der Waals surface area contributed by atoms with Crippen molar-refractivity contribution in [3.8, 4) is 0 Å². The molecule has 0 unspecified atom stereocenters. The van der Waals surface area contributed by atoms with Crippen LogP contribution in [0.25, 0.3) is 0 Å². The van der Waals surface area contributed by atoms with E-state index in [9.17, 15) is 4.79 Å². The van der Waals surface area contributed by atoms with E-state index in [-0.39, 0.29) is 5.97 Å². The van der Waals surface area contributed by atoms with Crippen LogP contribution in [0.3, 0.4) is 0 Å². The zero-order valence-corrected chi connectivity index (χ0v) is 14.0. The van der Waals surface area contributed by atoms with E-state index in [1.54, 1.807) is 18.2 Å². The minimum atomic E-state index is -0.360. The monoisotopic (exact) mass is 326 g/mol. The number of hydrogen-bond acceptors (Lipinski definition) is 6. The maximum atomic E-state index is 11.6. The van der Waals surface area contributed by atoms with E-state index < -0.39 is 0 Å². The Morgan fingerprint density at radius 1 is 1.21 bits per heavy atom. The first-order chi connectivity index (χ1) is 11.6. The summed E-state index contributed by atoms with van der Waals surface area (Å²) < 4.78 is 4.75. The Morgan fingerprint density at radius 2 is 2.00 bits per heavy atom. The molecule has 0 aliphatic heterocycles.